The van der Waals surface area contributed by atoms with Crippen molar-refractivity contribution >= 4 is 28.8 Å². The van der Waals surface area contributed by atoms with E-state index in [2.05, 4.69) is 51.7 Å². The SMILES string of the molecule is COc1ccc(-c2c3c4n(c(-c5ccc(C)cc5)cn4c2C(=O)Nc2ccc(Cl)cc2)CCCC3)cc1. The van der Waals surface area contributed by atoms with E-state index in [1.165, 1.54) is 11.1 Å². The fourth-order valence-electron chi connectivity index (χ4n) is 5.36. The van der Waals surface area contributed by atoms with E-state index in [1.807, 2.05) is 36.4 Å². The highest BCUT2D eigenvalue weighted by molar-refractivity contribution is 6.30. The van der Waals surface area contributed by atoms with Crippen molar-refractivity contribution in [3.05, 3.63) is 101 Å². The molecular weight excluding hydrogens is 482 g/mol. The first-order valence-corrected chi connectivity index (χ1v) is 13.0. The van der Waals surface area contributed by atoms with Crippen molar-refractivity contribution < 1.29 is 9.53 Å². The number of carbonyl (C=O) groups is 1. The number of anilines is 1. The number of carbonyl (C=O) groups excluding carboxylic acids is 1. The van der Waals surface area contributed by atoms with Crippen LogP contribution < -0.4 is 10.1 Å². The van der Waals surface area contributed by atoms with Crippen LogP contribution in [0.4, 0.5) is 5.69 Å². The lowest BCUT2D eigenvalue weighted by molar-refractivity contribution is 0.102. The maximum atomic E-state index is 14.0. The van der Waals surface area contributed by atoms with Gasteiger partial charge in [0.25, 0.3) is 5.91 Å². The number of ether oxygens (including phenoxy) is 1. The zero-order chi connectivity index (χ0) is 25.5. The zero-order valence-electron chi connectivity index (χ0n) is 20.9. The van der Waals surface area contributed by atoms with Crippen LogP contribution in [-0.2, 0) is 13.0 Å². The number of aryl methyl sites for hydroxylation is 3. The third-order valence-electron chi connectivity index (χ3n) is 7.18. The maximum Gasteiger partial charge on any atom is 0.273 e. The molecule has 37 heavy (non-hydrogen) atoms. The van der Waals surface area contributed by atoms with Crippen molar-refractivity contribution in [2.45, 2.75) is 32.7 Å². The van der Waals surface area contributed by atoms with Crippen LogP contribution in [-0.4, -0.2) is 22.0 Å². The molecule has 2 aromatic heterocycles. The predicted molar refractivity (Wildman–Crippen MR) is 150 cm³/mol. The van der Waals surface area contributed by atoms with Gasteiger partial charge in [-0.05, 0) is 73.7 Å². The highest BCUT2D eigenvalue weighted by atomic mass is 35.5. The van der Waals surface area contributed by atoms with Crippen LogP contribution in [0.25, 0.3) is 28.0 Å². The Bertz CT molecular complexity index is 1590. The molecule has 5 aromatic rings. The summed E-state index contributed by atoms with van der Waals surface area (Å²) in [6.07, 6.45) is 5.19. The van der Waals surface area contributed by atoms with Crippen molar-refractivity contribution in [3.8, 4) is 28.1 Å². The molecule has 0 aliphatic carbocycles. The third kappa shape index (κ3) is 4.19. The molecular formula is C31H28ClN3O2. The Labute approximate surface area is 221 Å². The van der Waals surface area contributed by atoms with E-state index in [0.29, 0.717) is 16.4 Å². The smallest absolute Gasteiger partial charge is 0.273 e. The summed E-state index contributed by atoms with van der Waals surface area (Å²) in [5.41, 5.74) is 9.14. The number of nitrogens with zero attached hydrogens (tertiary/aromatic N) is 2. The van der Waals surface area contributed by atoms with Gasteiger partial charge in [-0.3, -0.25) is 9.20 Å². The fourth-order valence-corrected chi connectivity index (χ4v) is 5.48. The van der Waals surface area contributed by atoms with Crippen LogP contribution in [0.15, 0.2) is 79.0 Å². The number of amides is 1. The van der Waals surface area contributed by atoms with Crippen LogP contribution in [0, 0.1) is 6.92 Å². The van der Waals surface area contributed by atoms with E-state index in [0.717, 1.165) is 59.6 Å². The summed E-state index contributed by atoms with van der Waals surface area (Å²) in [4.78, 5) is 14.0. The van der Waals surface area contributed by atoms with Gasteiger partial charge in [-0.2, -0.15) is 0 Å². The molecule has 6 heteroatoms. The Morgan fingerprint density at radius 2 is 1.62 bits per heavy atom. The van der Waals surface area contributed by atoms with Gasteiger partial charge in [0, 0.05) is 34.6 Å². The van der Waals surface area contributed by atoms with Gasteiger partial charge >= 0.3 is 0 Å². The molecule has 1 N–H and O–H groups in total. The molecule has 186 valence electrons. The van der Waals surface area contributed by atoms with Gasteiger partial charge < -0.3 is 14.6 Å². The highest BCUT2D eigenvalue weighted by Gasteiger charge is 2.29. The Hall–Kier alpha value is -3.96. The quantitative estimate of drug-likeness (QED) is 0.264. The van der Waals surface area contributed by atoms with E-state index in [9.17, 15) is 4.79 Å². The van der Waals surface area contributed by atoms with Crippen LogP contribution in [0.2, 0.25) is 5.02 Å². The summed E-state index contributed by atoms with van der Waals surface area (Å²) in [5.74, 6) is 0.638. The van der Waals surface area contributed by atoms with E-state index in [4.69, 9.17) is 16.3 Å². The number of halogens is 1. The first-order valence-electron chi connectivity index (χ1n) is 12.6. The molecule has 5 nitrogen and oxygen atoms in total. The lowest BCUT2D eigenvalue weighted by Crippen LogP contribution is -2.15. The van der Waals surface area contributed by atoms with E-state index in [-0.39, 0.29) is 5.91 Å². The number of methoxy groups -OCH3 is 1. The van der Waals surface area contributed by atoms with E-state index < -0.39 is 0 Å². The van der Waals surface area contributed by atoms with E-state index >= 15 is 0 Å². The maximum absolute atomic E-state index is 14.0. The highest BCUT2D eigenvalue weighted by Crippen LogP contribution is 2.40. The average Bonchev–Trinajstić information content (AvgIpc) is 3.33. The van der Waals surface area contributed by atoms with Crippen LogP contribution in [0.1, 0.15) is 34.5 Å². The van der Waals surface area contributed by atoms with Crippen molar-refractivity contribution in [2.24, 2.45) is 0 Å². The summed E-state index contributed by atoms with van der Waals surface area (Å²) in [6.45, 7) is 3.01. The molecule has 0 saturated carbocycles. The van der Waals surface area contributed by atoms with Crippen molar-refractivity contribution in [2.75, 3.05) is 12.4 Å². The zero-order valence-corrected chi connectivity index (χ0v) is 21.7. The van der Waals surface area contributed by atoms with Gasteiger partial charge in [0.05, 0.1) is 12.8 Å². The van der Waals surface area contributed by atoms with Crippen molar-refractivity contribution in [1.29, 1.82) is 0 Å². The number of imidazole rings is 1. The van der Waals surface area contributed by atoms with Gasteiger partial charge in [-0.25, -0.2) is 0 Å². The van der Waals surface area contributed by atoms with Gasteiger partial charge in [0.15, 0.2) is 0 Å². The number of hydrogen-bond donors (Lipinski definition) is 1. The number of benzene rings is 3. The number of nitrogens with one attached hydrogen (secondary N) is 1. The molecule has 0 fully saturated rings. The molecule has 0 spiro atoms. The second-order valence-electron chi connectivity index (χ2n) is 9.57. The fraction of sp³-hybridized carbons (Fsp3) is 0.194. The monoisotopic (exact) mass is 509 g/mol. The lowest BCUT2D eigenvalue weighted by atomic mass is 9.97. The molecule has 1 aliphatic heterocycles. The first kappa shape index (κ1) is 23.4. The van der Waals surface area contributed by atoms with Crippen LogP contribution >= 0.6 is 11.6 Å². The minimum Gasteiger partial charge on any atom is -0.497 e. The Kier molecular flexibility index (Phi) is 6.01. The normalized spacial score (nSPS) is 12.9. The van der Waals surface area contributed by atoms with Crippen LogP contribution in [0.5, 0.6) is 5.75 Å². The standard InChI is InChI=1S/C31H28ClN3O2/c1-20-6-8-21(9-7-20)27-19-35-29(30(36)33-24-14-12-23(32)13-15-24)28(22-10-16-25(37-2)17-11-22)26-5-3-4-18-34(27)31(26)35/h6-17,19H,3-5,18H2,1-2H3,(H,33,36). The van der Waals surface area contributed by atoms with Crippen molar-refractivity contribution in [1.82, 2.24) is 8.97 Å². The topological polar surface area (TPSA) is 47.7 Å². The van der Waals surface area contributed by atoms with Crippen LogP contribution in [0.3, 0.4) is 0 Å². The molecule has 0 radical (unpaired) electrons. The molecule has 0 atom stereocenters. The van der Waals surface area contributed by atoms with Gasteiger partial charge in [0.2, 0.25) is 0 Å². The molecule has 1 amide bonds. The molecule has 1 aliphatic rings. The summed E-state index contributed by atoms with van der Waals surface area (Å²) in [6, 6.07) is 23.8. The predicted octanol–water partition coefficient (Wildman–Crippen LogP) is 7.63. The summed E-state index contributed by atoms with van der Waals surface area (Å²) in [7, 11) is 1.66. The average molecular weight is 510 g/mol. The third-order valence-corrected chi connectivity index (χ3v) is 7.43. The number of rotatable bonds is 5. The summed E-state index contributed by atoms with van der Waals surface area (Å²) in [5, 5.41) is 3.74. The molecule has 6 rings (SSSR count). The first-order chi connectivity index (χ1) is 18.0. The van der Waals surface area contributed by atoms with E-state index in [1.54, 1.807) is 19.2 Å². The lowest BCUT2D eigenvalue weighted by Gasteiger charge is -2.11. The Morgan fingerprint density at radius 1 is 0.919 bits per heavy atom. The van der Waals surface area contributed by atoms with Gasteiger partial charge in [-0.1, -0.05) is 53.6 Å². The molecule has 3 aromatic carbocycles. The Balaban J connectivity index is 1.59. The number of aromatic nitrogens is 2. The minimum atomic E-state index is -0.150. The van der Waals surface area contributed by atoms with Gasteiger partial charge in [0.1, 0.15) is 17.1 Å². The summed E-state index contributed by atoms with van der Waals surface area (Å²) >= 11 is 6.08. The second kappa shape index (κ2) is 9.49. The molecule has 0 saturated heterocycles. The van der Waals surface area contributed by atoms with Crippen molar-refractivity contribution in [3.63, 3.8) is 0 Å². The Morgan fingerprint density at radius 3 is 2.32 bits per heavy atom. The minimum absolute atomic E-state index is 0.150. The molecule has 0 bridgehead atoms. The summed E-state index contributed by atoms with van der Waals surface area (Å²) < 4.78 is 9.88. The molecule has 3 heterocycles. The second-order valence-corrected chi connectivity index (χ2v) is 10.0. The number of hydrogen-bond acceptors (Lipinski definition) is 2. The largest absolute Gasteiger partial charge is 0.497 e. The molecule has 0 unspecified atom stereocenters. The van der Waals surface area contributed by atoms with Gasteiger partial charge in [-0.15, -0.1) is 0 Å².